The lowest BCUT2D eigenvalue weighted by molar-refractivity contribution is 0.473. The predicted molar refractivity (Wildman–Crippen MR) is 86.7 cm³/mol. The summed E-state index contributed by atoms with van der Waals surface area (Å²) in [5.74, 6) is 0.641. The molecule has 0 aromatic heterocycles. The molecule has 2 aliphatic carbocycles. The molecule has 4 nitrogen and oxygen atoms in total. The van der Waals surface area contributed by atoms with Gasteiger partial charge in [-0.25, -0.2) is 0 Å². The van der Waals surface area contributed by atoms with Gasteiger partial charge in [-0.05, 0) is 72.2 Å². The maximum absolute atomic E-state index is 9.16. The zero-order chi connectivity index (χ0) is 15.7. The van der Waals surface area contributed by atoms with Crippen LogP contribution in [0.1, 0.15) is 47.2 Å². The van der Waals surface area contributed by atoms with Crippen molar-refractivity contribution in [2.45, 2.75) is 37.8 Å². The number of aryl methyl sites for hydroxylation is 2. The number of benzene rings is 2. The molecule has 0 amide bonds. The van der Waals surface area contributed by atoms with Crippen molar-refractivity contribution in [3.8, 4) is 11.5 Å². The van der Waals surface area contributed by atoms with Crippen LogP contribution in [-0.4, -0.2) is 10.2 Å². The molecule has 0 aliphatic heterocycles. The topological polar surface area (TPSA) is 92.5 Å². The van der Waals surface area contributed by atoms with Crippen LogP contribution in [0, 0.1) is 0 Å². The Labute approximate surface area is 130 Å². The van der Waals surface area contributed by atoms with Gasteiger partial charge in [-0.3, -0.25) is 0 Å². The SMILES string of the molecule is NC1CCc2ccc(O)cc21.N[C@@H]1CCc2ccc(O)cc21. The molecule has 6 N–H and O–H groups in total. The monoisotopic (exact) mass is 298 g/mol. The Morgan fingerprint density at radius 3 is 1.55 bits per heavy atom. The number of hydrogen-bond donors (Lipinski definition) is 4. The van der Waals surface area contributed by atoms with E-state index in [-0.39, 0.29) is 12.1 Å². The highest BCUT2D eigenvalue weighted by atomic mass is 16.3. The van der Waals surface area contributed by atoms with Gasteiger partial charge in [0.1, 0.15) is 11.5 Å². The Morgan fingerprint density at radius 1 is 0.727 bits per heavy atom. The molecule has 2 aromatic carbocycles. The van der Waals surface area contributed by atoms with Gasteiger partial charge in [0.25, 0.3) is 0 Å². The quantitative estimate of drug-likeness (QED) is 0.601. The normalized spacial score (nSPS) is 21.7. The summed E-state index contributed by atoms with van der Waals surface area (Å²) < 4.78 is 0. The minimum Gasteiger partial charge on any atom is -0.508 e. The minimum atomic E-state index is 0.136. The molecule has 116 valence electrons. The van der Waals surface area contributed by atoms with Gasteiger partial charge in [-0.2, -0.15) is 0 Å². The Balaban J connectivity index is 0.000000131. The molecule has 2 aromatic rings. The number of hydrogen-bond acceptors (Lipinski definition) is 4. The van der Waals surface area contributed by atoms with Gasteiger partial charge in [-0.15, -0.1) is 0 Å². The molecule has 0 fully saturated rings. The lowest BCUT2D eigenvalue weighted by Crippen LogP contribution is -2.04. The lowest BCUT2D eigenvalue weighted by Gasteiger charge is -2.03. The second kappa shape index (κ2) is 5.99. The van der Waals surface area contributed by atoms with E-state index in [0.717, 1.165) is 36.8 Å². The fourth-order valence-corrected chi connectivity index (χ4v) is 3.24. The van der Waals surface area contributed by atoms with E-state index in [9.17, 15) is 0 Å². The summed E-state index contributed by atoms with van der Waals surface area (Å²) in [6, 6.07) is 11.2. The minimum absolute atomic E-state index is 0.136. The van der Waals surface area contributed by atoms with Crippen LogP contribution in [0.15, 0.2) is 36.4 Å². The lowest BCUT2D eigenvalue weighted by atomic mass is 10.1. The van der Waals surface area contributed by atoms with Crippen molar-refractivity contribution >= 4 is 0 Å². The standard InChI is InChI=1S/2C9H11NO/c2*10-9-4-2-6-1-3-7(11)5-8(6)9/h2*1,3,5,9,11H,2,4,10H2/t9-;/m1./s1. The van der Waals surface area contributed by atoms with E-state index in [1.807, 2.05) is 12.1 Å². The number of fused-ring (bicyclic) bond motifs is 2. The van der Waals surface area contributed by atoms with Crippen LogP contribution in [0.25, 0.3) is 0 Å². The number of phenolic OH excluding ortho intramolecular Hbond substituents is 2. The zero-order valence-electron chi connectivity index (χ0n) is 12.5. The molecule has 2 atom stereocenters. The molecule has 0 bridgehead atoms. The third kappa shape index (κ3) is 2.93. The van der Waals surface area contributed by atoms with Crippen molar-refractivity contribution in [3.63, 3.8) is 0 Å². The zero-order valence-corrected chi connectivity index (χ0v) is 12.5. The number of nitrogens with two attached hydrogens (primary N) is 2. The molecular weight excluding hydrogens is 276 g/mol. The average molecular weight is 298 g/mol. The maximum Gasteiger partial charge on any atom is 0.115 e. The average Bonchev–Trinajstić information content (AvgIpc) is 3.04. The van der Waals surface area contributed by atoms with Gasteiger partial charge < -0.3 is 21.7 Å². The Hall–Kier alpha value is -2.04. The van der Waals surface area contributed by atoms with E-state index in [0.29, 0.717) is 11.5 Å². The van der Waals surface area contributed by atoms with E-state index in [2.05, 4.69) is 0 Å². The van der Waals surface area contributed by atoms with E-state index in [4.69, 9.17) is 21.7 Å². The van der Waals surface area contributed by atoms with Crippen LogP contribution in [0.5, 0.6) is 11.5 Å². The van der Waals surface area contributed by atoms with Gasteiger partial charge in [0.15, 0.2) is 0 Å². The Kier molecular flexibility index (Phi) is 4.05. The van der Waals surface area contributed by atoms with Crippen molar-refractivity contribution < 1.29 is 10.2 Å². The molecule has 0 radical (unpaired) electrons. The summed E-state index contributed by atoms with van der Waals surface area (Å²) in [4.78, 5) is 0. The molecule has 4 heteroatoms. The highest BCUT2D eigenvalue weighted by Crippen LogP contribution is 2.32. The number of rotatable bonds is 0. The summed E-state index contributed by atoms with van der Waals surface area (Å²) in [6.07, 6.45) is 4.13. The summed E-state index contributed by atoms with van der Waals surface area (Å²) in [7, 11) is 0. The summed E-state index contributed by atoms with van der Waals surface area (Å²) in [5, 5.41) is 18.3. The van der Waals surface area contributed by atoms with E-state index < -0.39 is 0 Å². The van der Waals surface area contributed by atoms with Crippen LogP contribution in [0.3, 0.4) is 0 Å². The van der Waals surface area contributed by atoms with E-state index in [1.165, 1.54) is 11.1 Å². The third-order valence-electron chi connectivity index (χ3n) is 4.51. The van der Waals surface area contributed by atoms with Crippen molar-refractivity contribution in [2.75, 3.05) is 0 Å². The van der Waals surface area contributed by atoms with Crippen LogP contribution < -0.4 is 11.5 Å². The molecule has 22 heavy (non-hydrogen) atoms. The molecule has 0 saturated carbocycles. The largest absolute Gasteiger partial charge is 0.508 e. The van der Waals surface area contributed by atoms with Crippen LogP contribution in [0.2, 0.25) is 0 Å². The highest BCUT2D eigenvalue weighted by molar-refractivity contribution is 5.40. The number of phenols is 2. The van der Waals surface area contributed by atoms with Crippen LogP contribution in [-0.2, 0) is 12.8 Å². The Bertz CT molecular complexity index is 625. The third-order valence-corrected chi connectivity index (χ3v) is 4.51. The van der Waals surface area contributed by atoms with Gasteiger partial charge in [0.2, 0.25) is 0 Å². The van der Waals surface area contributed by atoms with Crippen LogP contribution >= 0.6 is 0 Å². The fraction of sp³-hybridized carbons (Fsp3) is 0.333. The van der Waals surface area contributed by atoms with Gasteiger partial charge >= 0.3 is 0 Å². The van der Waals surface area contributed by atoms with E-state index in [1.54, 1.807) is 24.3 Å². The van der Waals surface area contributed by atoms with Crippen molar-refractivity contribution in [2.24, 2.45) is 11.5 Å². The first-order chi connectivity index (χ1) is 10.5. The van der Waals surface area contributed by atoms with Gasteiger partial charge in [0, 0.05) is 12.1 Å². The fourth-order valence-electron chi connectivity index (χ4n) is 3.24. The first-order valence-corrected chi connectivity index (χ1v) is 7.69. The maximum atomic E-state index is 9.16. The molecule has 1 unspecified atom stereocenters. The van der Waals surface area contributed by atoms with Crippen molar-refractivity contribution in [3.05, 3.63) is 58.7 Å². The molecule has 0 spiro atoms. The summed E-state index contributed by atoms with van der Waals surface area (Å²) >= 11 is 0. The summed E-state index contributed by atoms with van der Waals surface area (Å²) in [6.45, 7) is 0. The highest BCUT2D eigenvalue weighted by Gasteiger charge is 2.19. The van der Waals surface area contributed by atoms with Gasteiger partial charge in [0.05, 0.1) is 0 Å². The van der Waals surface area contributed by atoms with E-state index >= 15 is 0 Å². The Morgan fingerprint density at radius 2 is 1.14 bits per heavy atom. The van der Waals surface area contributed by atoms with Crippen molar-refractivity contribution in [1.82, 2.24) is 0 Å². The smallest absolute Gasteiger partial charge is 0.115 e. The first kappa shape index (κ1) is 14.9. The van der Waals surface area contributed by atoms with Gasteiger partial charge in [-0.1, -0.05) is 12.1 Å². The number of aromatic hydroxyl groups is 2. The first-order valence-electron chi connectivity index (χ1n) is 7.69. The molecule has 0 heterocycles. The predicted octanol–water partition coefficient (Wildman–Crippen LogP) is 2.68. The second-order valence-corrected chi connectivity index (χ2v) is 6.06. The molecular formula is C18H22N2O2. The second-order valence-electron chi connectivity index (χ2n) is 6.06. The molecule has 0 saturated heterocycles. The molecule has 2 aliphatic rings. The molecule has 4 rings (SSSR count). The van der Waals surface area contributed by atoms with Crippen LogP contribution in [0.4, 0.5) is 0 Å². The van der Waals surface area contributed by atoms with Crippen molar-refractivity contribution in [1.29, 1.82) is 0 Å². The summed E-state index contributed by atoms with van der Waals surface area (Å²) in [5.41, 5.74) is 16.4.